The molecule has 1 atom stereocenters. The lowest BCUT2D eigenvalue weighted by Crippen LogP contribution is -2.29. The Labute approximate surface area is 176 Å². The molecule has 0 saturated heterocycles. The van der Waals surface area contributed by atoms with Gasteiger partial charge < -0.3 is 14.2 Å². The molecular weight excluding hydrogens is 420 g/mol. The van der Waals surface area contributed by atoms with Crippen LogP contribution in [-0.4, -0.2) is 46.8 Å². The van der Waals surface area contributed by atoms with Crippen molar-refractivity contribution in [1.82, 2.24) is 0 Å². The van der Waals surface area contributed by atoms with Crippen molar-refractivity contribution >= 4 is 15.9 Å². The summed E-state index contributed by atoms with van der Waals surface area (Å²) in [5, 5.41) is 0. The van der Waals surface area contributed by atoms with Gasteiger partial charge in [0, 0.05) is 30.2 Å². The van der Waals surface area contributed by atoms with Gasteiger partial charge in [0.1, 0.15) is 6.61 Å². The highest BCUT2D eigenvalue weighted by molar-refractivity contribution is 9.10. The highest BCUT2D eigenvalue weighted by atomic mass is 79.9. The van der Waals surface area contributed by atoms with Crippen molar-refractivity contribution in [2.45, 2.75) is 18.3 Å². The van der Waals surface area contributed by atoms with Crippen molar-refractivity contribution < 1.29 is 18.9 Å². The van der Waals surface area contributed by atoms with Gasteiger partial charge >= 0.3 is 0 Å². The Morgan fingerprint density at radius 2 is 1.50 bits per heavy atom. The van der Waals surface area contributed by atoms with Gasteiger partial charge in [-0.2, -0.15) is 4.74 Å². The van der Waals surface area contributed by atoms with Crippen molar-refractivity contribution in [2.24, 2.45) is 0 Å². The average molecular weight is 448 g/mol. The number of hydrogen-bond acceptors (Lipinski definition) is 4. The summed E-state index contributed by atoms with van der Waals surface area (Å²) in [5.74, 6) is 0. The average Bonchev–Trinajstić information content (AvgIpc) is 2.97. The molecule has 0 aliphatic heterocycles. The van der Waals surface area contributed by atoms with Gasteiger partial charge in [0.2, 0.25) is 7.11 Å². The van der Waals surface area contributed by atoms with Gasteiger partial charge in [0.25, 0.3) is 0 Å². The van der Waals surface area contributed by atoms with Crippen LogP contribution in [0.4, 0.5) is 0 Å². The standard InChI is InChI=1S/C23H28BrO4/c1-25-13-15-27-11-9-23(10-12-28-16-14-26-2)21-6-4-3-5-19(21)20-8-7-18(24)17-22(20)23/h3-8,17H,1,9-16H2,2H3/q+1. The monoisotopic (exact) mass is 447 g/mol. The maximum absolute atomic E-state index is 5.86. The maximum Gasteiger partial charge on any atom is 0.213 e. The van der Waals surface area contributed by atoms with Crippen molar-refractivity contribution in [2.75, 3.05) is 46.8 Å². The second kappa shape index (κ2) is 10.4. The number of fused-ring (bicyclic) bond motifs is 3. The van der Waals surface area contributed by atoms with Crippen molar-refractivity contribution in [3.63, 3.8) is 0 Å². The molecule has 4 nitrogen and oxygen atoms in total. The number of methoxy groups -OCH3 is 1. The third-order valence-electron chi connectivity index (χ3n) is 5.38. The summed E-state index contributed by atoms with van der Waals surface area (Å²) < 4.78 is 22.7. The van der Waals surface area contributed by atoms with E-state index in [2.05, 4.69) is 65.5 Å². The summed E-state index contributed by atoms with van der Waals surface area (Å²) in [6.07, 6.45) is 1.78. The van der Waals surface area contributed by atoms with E-state index in [4.69, 9.17) is 18.9 Å². The van der Waals surface area contributed by atoms with E-state index in [1.165, 1.54) is 22.3 Å². The smallest absolute Gasteiger partial charge is 0.213 e. The Morgan fingerprint density at radius 1 is 0.821 bits per heavy atom. The zero-order chi connectivity index (χ0) is 19.8. The second-order valence-electron chi connectivity index (χ2n) is 6.94. The zero-order valence-electron chi connectivity index (χ0n) is 16.4. The van der Waals surface area contributed by atoms with E-state index in [0.29, 0.717) is 39.6 Å². The minimum atomic E-state index is -0.131. The molecule has 0 bridgehead atoms. The van der Waals surface area contributed by atoms with Gasteiger partial charge in [-0.15, -0.1) is 0 Å². The molecule has 0 saturated carbocycles. The molecule has 1 aliphatic rings. The summed E-state index contributed by atoms with van der Waals surface area (Å²) in [4.78, 5) is 0. The zero-order valence-corrected chi connectivity index (χ0v) is 18.0. The fourth-order valence-electron chi connectivity index (χ4n) is 4.05. The van der Waals surface area contributed by atoms with E-state index in [9.17, 15) is 0 Å². The van der Waals surface area contributed by atoms with Crippen LogP contribution in [-0.2, 0) is 24.4 Å². The van der Waals surface area contributed by atoms with Crippen LogP contribution in [0.25, 0.3) is 11.1 Å². The van der Waals surface area contributed by atoms with Crippen molar-refractivity contribution in [3.8, 4) is 11.1 Å². The van der Waals surface area contributed by atoms with E-state index >= 15 is 0 Å². The lowest BCUT2D eigenvalue weighted by atomic mass is 9.73. The van der Waals surface area contributed by atoms with Gasteiger partial charge in [0.15, 0.2) is 0 Å². The highest BCUT2D eigenvalue weighted by Crippen LogP contribution is 2.53. The van der Waals surface area contributed by atoms with E-state index in [-0.39, 0.29) is 5.41 Å². The molecule has 0 fully saturated rings. The Bertz CT molecular complexity index is 748. The molecule has 2 aromatic rings. The number of benzene rings is 2. The number of hydrogen-bond donors (Lipinski definition) is 0. The van der Waals surface area contributed by atoms with Crippen LogP contribution in [0.2, 0.25) is 0 Å². The molecule has 150 valence electrons. The molecule has 0 aromatic heterocycles. The summed E-state index contributed by atoms with van der Waals surface area (Å²) in [7, 11) is 5.09. The van der Waals surface area contributed by atoms with Crippen molar-refractivity contribution in [3.05, 3.63) is 65.2 Å². The van der Waals surface area contributed by atoms with Gasteiger partial charge in [-0.25, -0.2) is 0 Å². The Kier molecular flexibility index (Phi) is 7.94. The lowest BCUT2D eigenvalue weighted by molar-refractivity contribution is 0.0527. The molecule has 3 rings (SSSR count). The van der Waals surface area contributed by atoms with Gasteiger partial charge in [-0.05, 0) is 47.2 Å². The third kappa shape index (κ3) is 4.61. The molecule has 0 heterocycles. The molecule has 0 amide bonds. The number of halogens is 1. The van der Waals surface area contributed by atoms with E-state index < -0.39 is 0 Å². The topological polar surface area (TPSA) is 36.9 Å². The molecule has 28 heavy (non-hydrogen) atoms. The fraction of sp³-hybridized carbons (Fsp3) is 0.435. The first-order chi connectivity index (χ1) is 13.7. The van der Waals surface area contributed by atoms with Gasteiger partial charge in [-0.1, -0.05) is 46.3 Å². The Morgan fingerprint density at radius 3 is 2.21 bits per heavy atom. The van der Waals surface area contributed by atoms with Gasteiger partial charge in [-0.3, -0.25) is 0 Å². The first-order valence-corrected chi connectivity index (χ1v) is 10.4. The Hall–Kier alpha value is -1.37. The minimum Gasteiger partial charge on any atom is -0.382 e. The normalized spacial score (nSPS) is 17.5. The second-order valence-corrected chi connectivity index (χ2v) is 7.86. The first-order valence-electron chi connectivity index (χ1n) is 9.64. The number of ether oxygens (including phenoxy) is 4. The molecule has 0 radical (unpaired) electrons. The van der Waals surface area contributed by atoms with Crippen LogP contribution in [0.5, 0.6) is 0 Å². The highest BCUT2D eigenvalue weighted by Gasteiger charge is 2.42. The predicted octanol–water partition coefficient (Wildman–Crippen LogP) is 4.98. The summed E-state index contributed by atoms with van der Waals surface area (Å²) in [6, 6.07) is 15.3. The first kappa shape index (κ1) is 21.3. The van der Waals surface area contributed by atoms with Crippen LogP contribution >= 0.6 is 15.9 Å². The third-order valence-corrected chi connectivity index (χ3v) is 5.87. The van der Waals surface area contributed by atoms with Crippen LogP contribution in [0, 0.1) is 7.11 Å². The summed E-state index contributed by atoms with van der Waals surface area (Å²) >= 11 is 3.66. The van der Waals surface area contributed by atoms with E-state index in [1.54, 1.807) is 7.11 Å². The van der Waals surface area contributed by atoms with Crippen molar-refractivity contribution in [1.29, 1.82) is 0 Å². The molecule has 0 spiro atoms. The summed E-state index contributed by atoms with van der Waals surface area (Å²) in [5.41, 5.74) is 5.18. The predicted molar refractivity (Wildman–Crippen MR) is 114 cm³/mol. The largest absolute Gasteiger partial charge is 0.382 e. The van der Waals surface area contributed by atoms with Crippen LogP contribution in [0.1, 0.15) is 24.0 Å². The molecule has 2 aromatic carbocycles. The van der Waals surface area contributed by atoms with Crippen LogP contribution in [0.15, 0.2) is 46.9 Å². The Balaban J connectivity index is 1.89. The molecular formula is C23H28BrO4+. The summed E-state index contributed by atoms with van der Waals surface area (Å²) in [6.45, 7) is 3.60. The van der Waals surface area contributed by atoms with Gasteiger partial charge in [0.05, 0.1) is 19.8 Å². The fourth-order valence-corrected chi connectivity index (χ4v) is 4.41. The number of rotatable bonds is 12. The van der Waals surface area contributed by atoms with E-state index in [0.717, 1.165) is 17.3 Å². The lowest BCUT2D eigenvalue weighted by Gasteiger charge is -2.32. The SMILES string of the molecule is [CH2+]OCCOCCC1(CCOCCOC)c2ccccc2-c2ccc(Br)cc21. The molecule has 1 aliphatic carbocycles. The molecule has 0 N–H and O–H groups in total. The molecule has 1 unspecified atom stereocenters. The maximum atomic E-state index is 5.86. The van der Waals surface area contributed by atoms with E-state index in [1.807, 2.05) is 0 Å². The van der Waals surface area contributed by atoms with Crippen LogP contribution < -0.4 is 0 Å². The minimum absolute atomic E-state index is 0.131. The molecule has 5 heteroatoms. The quantitative estimate of drug-likeness (QED) is 0.339. The van der Waals surface area contributed by atoms with Crippen LogP contribution in [0.3, 0.4) is 0 Å².